The predicted octanol–water partition coefficient (Wildman–Crippen LogP) is 0.636. The summed E-state index contributed by atoms with van der Waals surface area (Å²) in [5, 5.41) is 3.69. The molecule has 1 unspecified atom stereocenters. The normalized spacial score (nSPS) is 35.8. The van der Waals surface area contributed by atoms with Crippen molar-refractivity contribution < 1.29 is 4.74 Å². The van der Waals surface area contributed by atoms with Gasteiger partial charge in [0.25, 0.3) is 0 Å². The molecule has 2 rings (SSSR count). The van der Waals surface area contributed by atoms with Crippen LogP contribution in [0, 0.1) is 0 Å². The summed E-state index contributed by atoms with van der Waals surface area (Å²) in [5.41, 5.74) is 6.06. The molecule has 2 aliphatic rings. The third-order valence-electron chi connectivity index (χ3n) is 3.15. The highest BCUT2D eigenvalue weighted by molar-refractivity contribution is 4.96. The van der Waals surface area contributed by atoms with Gasteiger partial charge in [-0.15, -0.1) is 0 Å². The van der Waals surface area contributed by atoms with E-state index in [0.717, 1.165) is 38.6 Å². The summed E-state index contributed by atoms with van der Waals surface area (Å²) in [6, 6.07) is 0.752. The van der Waals surface area contributed by atoms with Crippen LogP contribution in [-0.2, 0) is 4.74 Å². The quantitative estimate of drug-likeness (QED) is 0.676. The van der Waals surface area contributed by atoms with E-state index >= 15 is 0 Å². The van der Waals surface area contributed by atoms with Crippen molar-refractivity contribution in [2.24, 2.45) is 5.73 Å². The summed E-state index contributed by atoms with van der Waals surface area (Å²) in [6.45, 7) is 2.54. The number of hydrogen-bond acceptors (Lipinski definition) is 3. The maximum absolute atomic E-state index is 5.87. The molecule has 0 radical (unpaired) electrons. The first kappa shape index (κ1) is 9.44. The summed E-state index contributed by atoms with van der Waals surface area (Å²) < 4.78 is 5.46. The topological polar surface area (TPSA) is 47.3 Å². The Balaban J connectivity index is 1.92. The van der Waals surface area contributed by atoms with Crippen LogP contribution in [0.5, 0.6) is 0 Å². The summed E-state index contributed by atoms with van der Waals surface area (Å²) in [6.07, 6.45) is 6.09. The summed E-state index contributed by atoms with van der Waals surface area (Å²) >= 11 is 0. The van der Waals surface area contributed by atoms with Crippen molar-refractivity contribution in [2.45, 2.75) is 43.7 Å². The van der Waals surface area contributed by atoms with Gasteiger partial charge in [-0.3, -0.25) is 0 Å². The molecule has 0 aromatic rings. The van der Waals surface area contributed by atoms with Crippen molar-refractivity contribution in [1.82, 2.24) is 5.32 Å². The Bertz CT molecular complexity index is 160. The number of hydrogen-bond donors (Lipinski definition) is 2. The van der Waals surface area contributed by atoms with Crippen LogP contribution in [0.2, 0.25) is 0 Å². The first-order chi connectivity index (χ1) is 6.35. The molecule has 13 heavy (non-hydrogen) atoms. The van der Waals surface area contributed by atoms with E-state index in [-0.39, 0.29) is 5.54 Å². The zero-order valence-electron chi connectivity index (χ0n) is 8.22. The van der Waals surface area contributed by atoms with Crippen LogP contribution >= 0.6 is 0 Å². The minimum Gasteiger partial charge on any atom is -0.381 e. The molecule has 1 heterocycles. The smallest absolute Gasteiger partial charge is 0.0484 e. The third-order valence-corrected chi connectivity index (χ3v) is 3.15. The van der Waals surface area contributed by atoms with E-state index in [1.54, 1.807) is 0 Å². The molecular formula is C10H20N2O. The molecule has 1 saturated carbocycles. The lowest BCUT2D eigenvalue weighted by Crippen LogP contribution is -2.52. The monoisotopic (exact) mass is 184 g/mol. The lowest BCUT2D eigenvalue weighted by Gasteiger charge is -2.32. The van der Waals surface area contributed by atoms with Gasteiger partial charge >= 0.3 is 0 Å². The molecule has 0 aromatic carbocycles. The first-order valence-corrected chi connectivity index (χ1v) is 5.40. The predicted molar refractivity (Wildman–Crippen MR) is 52.6 cm³/mol. The van der Waals surface area contributed by atoms with Crippen molar-refractivity contribution in [3.8, 4) is 0 Å². The average Bonchev–Trinajstić information content (AvgIpc) is 2.94. The largest absolute Gasteiger partial charge is 0.381 e. The molecule has 0 amide bonds. The number of rotatable bonds is 3. The molecule has 1 aliphatic carbocycles. The van der Waals surface area contributed by atoms with Crippen molar-refractivity contribution in [3.05, 3.63) is 0 Å². The van der Waals surface area contributed by atoms with Crippen molar-refractivity contribution in [2.75, 3.05) is 19.8 Å². The lowest BCUT2D eigenvalue weighted by atomic mass is 9.90. The van der Waals surface area contributed by atoms with Crippen LogP contribution < -0.4 is 11.1 Å². The Morgan fingerprint density at radius 2 is 2.15 bits per heavy atom. The minimum atomic E-state index is 0.192. The van der Waals surface area contributed by atoms with Crippen molar-refractivity contribution in [3.63, 3.8) is 0 Å². The highest BCUT2D eigenvalue weighted by Crippen LogP contribution is 2.27. The zero-order chi connectivity index (χ0) is 9.15. The molecule has 0 spiro atoms. The summed E-state index contributed by atoms with van der Waals surface area (Å²) in [7, 11) is 0. The maximum atomic E-state index is 5.87. The Hall–Kier alpha value is -0.120. The van der Waals surface area contributed by atoms with E-state index in [0.29, 0.717) is 0 Å². The van der Waals surface area contributed by atoms with E-state index in [4.69, 9.17) is 10.5 Å². The highest BCUT2D eigenvalue weighted by atomic mass is 16.5. The van der Waals surface area contributed by atoms with E-state index in [1.165, 1.54) is 19.3 Å². The Morgan fingerprint density at radius 3 is 2.85 bits per heavy atom. The molecule has 0 bridgehead atoms. The van der Waals surface area contributed by atoms with Crippen LogP contribution in [0.1, 0.15) is 32.1 Å². The molecule has 3 N–H and O–H groups in total. The van der Waals surface area contributed by atoms with Gasteiger partial charge < -0.3 is 15.8 Å². The third kappa shape index (κ3) is 2.42. The van der Waals surface area contributed by atoms with Crippen molar-refractivity contribution in [1.29, 1.82) is 0 Å². The molecule has 1 atom stereocenters. The fraction of sp³-hybridized carbons (Fsp3) is 1.00. The number of nitrogens with two attached hydrogens (primary N) is 1. The van der Waals surface area contributed by atoms with Crippen LogP contribution in [0.15, 0.2) is 0 Å². The van der Waals surface area contributed by atoms with E-state index in [2.05, 4.69) is 5.32 Å². The second kappa shape index (κ2) is 3.95. The highest BCUT2D eigenvalue weighted by Gasteiger charge is 2.35. The standard InChI is InChI=1S/C10H20N2O/c11-8-10(12-9-2-3-9)4-1-6-13-7-5-10/h9,12H,1-8,11H2. The van der Waals surface area contributed by atoms with Gasteiger partial charge in [-0.1, -0.05) is 0 Å². The molecule has 3 nitrogen and oxygen atoms in total. The molecule has 0 aromatic heterocycles. The number of nitrogens with one attached hydrogen (secondary N) is 1. The van der Waals surface area contributed by atoms with Crippen LogP contribution in [0.25, 0.3) is 0 Å². The zero-order valence-corrected chi connectivity index (χ0v) is 8.22. The van der Waals surface area contributed by atoms with Gasteiger partial charge in [0, 0.05) is 31.3 Å². The Labute approximate surface area is 80.0 Å². The van der Waals surface area contributed by atoms with Gasteiger partial charge in [0.1, 0.15) is 0 Å². The number of ether oxygens (including phenoxy) is 1. The van der Waals surface area contributed by atoms with Gasteiger partial charge in [-0.25, -0.2) is 0 Å². The van der Waals surface area contributed by atoms with Gasteiger partial charge in [-0.05, 0) is 32.1 Å². The van der Waals surface area contributed by atoms with Crippen LogP contribution in [0.4, 0.5) is 0 Å². The molecule has 2 fully saturated rings. The SMILES string of the molecule is NCC1(NC2CC2)CCCOCC1. The van der Waals surface area contributed by atoms with Gasteiger partial charge in [0.2, 0.25) is 0 Å². The lowest BCUT2D eigenvalue weighted by molar-refractivity contribution is 0.136. The van der Waals surface area contributed by atoms with E-state index in [9.17, 15) is 0 Å². The average molecular weight is 184 g/mol. The fourth-order valence-corrected chi connectivity index (χ4v) is 2.08. The Morgan fingerprint density at radius 1 is 1.31 bits per heavy atom. The molecule has 1 aliphatic heterocycles. The second-order valence-corrected chi connectivity index (χ2v) is 4.37. The first-order valence-electron chi connectivity index (χ1n) is 5.40. The van der Waals surface area contributed by atoms with Gasteiger partial charge in [0.15, 0.2) is 0 Å². The van der Waals surface area contributed by atoms with E-state index in [1.807, 2.05) is 0 Å². The second-order valence-electron chi connectivity index (χ2n) is 4.37. The summed E-state index contributed by atoms with van der Waals surface area (Å²) in [5.74, 6) is 0. The maximum Gasteiger partial charge on any atom is 0.0484 e. The summed E-state index contributed by atoms with van der Waals surface area (Å²) in [4.78, 5) is 0. The van der Waals surface area contributed by atoms with Gasteiger partial charge in [0.05, 0.1) is 0 Å². The van der Waals surface area contributed by atoms with Crippen LogP contribution in [-0.4, -0.2) is 31.3 Å². The fourth-order valence-electron chi connectivity index (χ4n) is 2.08. The molecular weight excluding hydrogens is 164 g/mol. The minimum absolute atomic E-state index is 0.192. The van der Waals surface area contributed by atoms with Gasteiger partial charge in [-0.2, -0.15) is 0 Å². The molecule has 3 heteroatoms. The Kier molecular flexibility index (Phi) is 2.86. The molecule has 1 saturated heterocycles. The van der Waals surface area contributed by atoms with Crippen molar-refractivity contribution >= 4 is 0 Å². The van der Waals surface area contributed by atoms with Crippen LogP contribution in [0.3, 0.4) is 0 Å². The van der Waals surface area contributed by atoms with E-state index < -0.39 is 0 Å². The molecule has 76 valence electrons.